The topological polar surface area (TPSA) is 43.1 Å². The SMILES string of the molecule is O=[N+]([O-])c1ccc(S[C@@H]2[C@@H]3CC[C@@H](C3)[C@@H]2Cl)cc1. The van der Waals surface area contributed by atoms with Crippen LogP contribution in [0.5, 0.6) is 0 Å². The summed E-state index contributed by atoms with van der Waals surface area (Å²) >= 11 is 8.27. The quantitative estimate of drug-likeness (QED) is 0.477. The Bertz CT molecular complexity index is 463. The molecule has 2 aliphatic rings. The summed E-state index contributed by atoms with van der Waals surface area (Å²) in [5.74, 6) is 1.42. The lowest BCUT2D eigenvalue weighted by molar-refractivity contribution is -0.384. The van der Waals surface area contributed by atoms with Crippen molar-refractivity contribution >= 4 is 29.1 Å². The zero-order chi connectivity index (χ0) is 12.7. The number of nitro groups is 1. The van der Waals surface area contributed by atoms with Crippen LogP contribution in [0.15, 0.2) is 29.2 Å². The molecule has 3 rings (SSSR count). The Hall–Kier alpha value is -0.740. The van der Waals surface area contributed by atoms with E-state index >= 15 is 0 Å². The van der Waals surface area contributed by atoms with Gasteiger partial charge in [-0.3, -0.25) is 10.1 Å². The largest absolute Gasteiger partial charge is 0.269 e. The van der Waals surface area contributed by atoms with Gasteiger partial charge in [0.25, 0.3) is 5.69 Å². The molecule has 4 atom stereocenters. The summed E-state index contributed by atoms with van der Waals surface area (Å²) in [6, 6.07) is 6.80. The molecule has 0 heterocycles. The molecule has 0 N–H and O–H groups in total. The molecule has 0 aromatic heterocycles. The van der Waals surface area contributed by atoms with Gasteiger partial charge >= 0.3 is 0 Å². The van der Waals surface area contributed by atoms with Gasteiger partial charge in [-0.1, -0.05) is 0 Å². The lowest BCUT2D eigenvalue weighted by Gasteiger charge is -2.25. The number of fused-ring (bicyclic) bond motifs is 2. The molecule has 18 heavy (non-hydrogen) atoms. The van der Waals surface area contributed by atoms with Crippen LogP contribution < -0.4 is 0 Å². The second-order valence-electron chi connectivity index (χ2n) is 5.11. The minimum Gasteiger partial charge on any atom is -0.258 e. The average molecular weight is 284 g/mol. The number of nitrogens with zero attached hydrogens (tertiary/aromatic N) is 1. The molecule has 1 aromatic carbocycles. The van der Waals surface area contributed by atoms with E-state index in [-0.39, 0.29) is 16.0 Å². The Labute approximate surface area is 115 Å². The van der Waals surface area contributed by atoms with Gasteiger partial charge < -0.3 is 0 Å². The van der Waals surface area contributed by atoms with E-state index in [1.165, 1.54) is 19.3 Å². The number of non-ortho nitro benzene ring substituents is 1. The van der Waals surface area contributed by atoms with E-state index < -0.39 is 0 Å². The van der Waals surface area contributed by atoms with Gasteiger partial charge in [-0.2, -0.15) is 0 Å². The Morgan fingerprint density at radius 2 is 1.89 bits per heavy atom. The first-order valence-electron chi connectivity index (χ1n) is 6.20. The zero-order valence-corrected chi connectivity index (χ0v) is 11.4. The van der Waals surface area contributed by atoms with E-state index in [1.54, 1.807) is 23.9 Å². The summed E-state index contributed by atoms with van der Waals surface area (Å²) in [4.78, 5) is 11.3. The zero-order valence-electron chi connectivity index (χ0n) is 9.79. The number of alkyl halides is 1. The minimum absolute atomic E-state index is 0.148. The first kappa shape index (κ1) is 12.3. The van der Waals surface area contributed by atoms with E-state index in [0.29, 0.717) is 11.2 Å². The number of hydrogen-bond donors (Lipinski definition) is 0. The average Bonchev–Trinajstić information content (AvgIpc) is 2.94. The van der Waals surface area contributed by atoms with Crippen molar-refractivity contribution < 1.29 is 4.92 Å². The first-order valence-corrected chi connectivity index (χ1v) is 7.52. The second kappa shape index (κ2) is 4.74. The standard InChI is InChI=1S/C13H14ClNO2S/c14-12-8-1-2-9(7-8)13(12)18-11-5-3-10(4-6-11)15(16)17/h3-6,8-9,12-13H,1-2,7H2/t8-,9+,12-,13+/m0/s1. The lowest BCUT2D eigenvalue weighted by atomic mass is 10.00. The van der Waals surface area contributed by atoms with Crippen LogP contribution in [0.2, 0.25) is 0 Å². The highest BCUT2D eigenvalue weighted by atomic mass is 35.5. The molecule has 2 bridgehead atoms. The molecule has 0 spiro atoms. The molecule has 0 amide bonds. The monoisotopic (exact) mass is 283 g/mol. The predicted molar refractivity (Wildman–Crippen MR) is 73.2 cm³/mol. The number of hydrogen-bond acceptors (Lipinski definition) is 3. The summed E-state index contributed by atoms with van der Waals surface area (Å²) in [6.07, 6.45) is 3.83. The molecule has 0 aliphatic heterocycles. The normalized spacial score (nSPS) is 33.8. The maximum absolute atomic E-state index is 10.6. The fourth-order valence-electron chi connectivity index (χ4n) is 3.13. The van der Waals surface area contributed by atoms with E-state index in [4.69, 9.17) is 11.6 Å². The van der Waals surface area contributed by atoms with Crippen molar-refractivity contribution in [2.45, 2.75) is 34.8 Å². The molecule has 2 fully saturated rings. The van der Waals surface area contributed by atoms with E-state index in [2.05, 4.69) is 0 Å². The number of benzene rings is 1. The van der Waals surface area contributed by atoms with Crippen LogP contribution in [-0.2, 0) is 0 Å². The van der Waals surface area contributed by atoms with Gasteiger partial charge in [0.2, 0.25) is 0 Å². The van der Waals surface area contributed by atoms with E-state index in [9.17, 15) is 10.1 Å². The molecule has 2 saturated carbocycles. The fourth-order valence-corrected chi connectivity index (χ4v) is 5.12. The third-order valence-electron chi connectivity index (χ3n) is 4.06. The van der Waals surface area contributed by atoms with Crippen molar-refractivity contribution in [3.8, 4) is 0 Å². The Balaban J connectivity index is 1.71. The summed E-state index contributed by atoms with van der Waals surface area (Å²) in [5, 5.41) is 11.3. The van der Waals surface area contributed by atoms with Crippen LogP contribution >= 0.6 is 23.4 Å². The van der Waals surface area contributed by atoms with Crippen molar-refractivity contribution in [1.29, 1.82) is 0 Å². The van der Waals surface area contributed by atoms with Gasteiger partial charge in [0.05, 0.1) is 4.92 Å². The summed E-state index contributed by atoms with van der Waals surface area (Å²) in [7, 11) is 0. The van der Waals surface area contributed by atoms with Crippen molar-refractivity contribution in [2.75, 3.05) is 0 Å². The number of nitro benzene ring substituents is 1. The van der Waals surface area contributed by atoms with Gasteiger partial charge in [-0.15, -0.1) is 23.4 Å². The maximum Gasteiger partial charge on any atom is 0.269 e. The van der Waals surface area contributed by atoms with Crippen molar-refractivity contribution in [1.82, 2.24) is 0 Å². The number of halogens is 1. The summed E-state index contributed by atoms with van der Waals surface area (Å²) < 4.78 is 0. The number of thioether (sulfide) groups is 1. The van der Waals surface area contributed by atoms with E-state index in [0.717, 1.165) is 10.8 Å². The Morgan fingerprint density at radius 1 is 1.22 bits per heavy atom. The molecule has 0 saturated heterocycles. The maximum atomic E-state index is 10.6. The van der Waals surface area contributed by atoms with Crippen molar-refractivity contribution in [3.63, 3.8) is 0 Å². The van der Waals surface area contributed by atoms with Crippen LogP contribution in [0, 0.1) is 22.0 Å². The highest BCUT2D eigenvalue weighted by Crippen LogP contribution is 2.53. The van der Waals surface area contributed by atoms with Crippen LogP contribution in [-0.4, -0.2) is 15.6 Å². The molecule has 1 aromatic rings. The third kappa shape index (κ3) is 2.12. The molecular formula is C13H14ClNO2S. The smallest absolute Gasteiger partial charge is 0.258 e. The van der Waals surface area contributed by atoms with Crippen molar-refractivity contribution in [3.05, 3.63) is 34.4 Å². The van der Waals surface area contributed by atoms with Crippen LogP contribution in [0.3, 0.4) is 0 Å². The van der Waals surface area contributed by atoms with Gasteiger partial charge in [0, 0.05) is 27.7 Å². The Morgan fingerprint density at radius 3 is 2.44 bits per heavy atom. The molecular weight excluding hydrogens is 270 g/mol. The van der Waals surface area contributed by atoms with Crippen LogP contribution in [0.1, 0.15) is 19.3 Å². The molecule has 96 valence electrons. The third-order valence-corrected chi connectivity index (χ3v) is 6.33. The minimum atomic E-state index is -0.365. The molecule has 0 radical (unpaired) electrons. The van der Waals surface area contributed by atoms with Crippen LogP contribution in [0.4, 0.5) is 5.69 Å². The number of rotatable bonds is 3. The summed E-state index contributed by atoms with van der Waals surface area (Å²) in [5.41, 5.74) is 0.148. The van der Waals surface area contributed by atoms with Crippen LogP contribution in [0.25, 0.3) is 0 Å². The van der Waals surface area contributed by atoms with Gasteiger partial charge in [0.15, 0.2) is 0 Å². The summed E-state index contributed by atoms with van der Waals surface area (Å²) in [6.45, 7) is 0. The lowest BCUT2D eigenvalue weighted by Crippen LogP contribution is -2.24. The molecule has 0 unspecified atom stereocenters. The second-order valence-corrected chi connectivity index (χ2v) is 6.87. The fraction of sp³-hybridized carbons (Fsp3) is 0.538. The van der Waals surface area contributed by atoms with Gasteiger partial charge in [0.1, 0.15) is 0 Å². The van der Waals surface area contributed by atoms with Gasteiger partial charge in [-0.05, 0) is 43.2 Å². The van der Waals surface area contributed by atoms with E-state index in [1.807, 2.05) is 12.1 Å². The molecule has 5 heteroatoms. The highest BCUT2D eigenvalue weighted by molar-refractivity contribution is 8.00. The Kier molecular flexibility index (Phi) is 3.24. The highest BCUT2D eigenvalue weighted by Gasteiger charge is 2.47. The predicted octanol–water partition coefficient (Wildman–Crippen LogP) is 4.09. The van der Waals surface area contributed by atoms with Crippen molar-refractivity contribution in [2.24, 2.45) is 11.8 Å². The molecule has 3 nitrogen and oxygen atoms in total. The molecule has 2 aliphatic carbocycles. The van der Waals surface area contributed by atoms with Gasteiger partial charge in [-0.25, -0.2) is 0 Å². The first-order chi connectivity index (χ1) is 8.65.